The van der Waals surface area contributed by atoms with Crippen LogP contribution in [-0.4, -0.2) is 40.2 Å². The number of aromatic nitrogens is 2. The molecule has 0 spiro atoms. The Morgan fingerprint density at radius 3 is 3.29 bits per heavy atom. The quantitative estimate of drug-likeness (QED) is 0.768. The van der Waals surface area contributed by atoms with Gasteiger partial charge in [-0.1, -0.05) is 11.3 Å². The number of nitrogens with zero attached hydrogens (tertiary/aromatic N) is 2. The highest BCUT2D eigenvalue weighted by molar-refractivity contribution is 7.13. The van der Waals surface area contributed by atoms with Gasteiger partial charge in [-0.05, 0) is 6.92 Å². The van der Waals surface area contributed by atoms with Gasteiger partial charge in [-0.15, -0.1) is 10.2 Å². The number of ether oxygens (including phenoxy) is 1. The molecule has 0 radical (unpaired) electrons. The van der Waals surface area contributed by atoms with Gasteiger partial charge in [0.15, 0.2) is 0 Å². The van der Waals surface area contributed by atoms with Crippen LogP contribution in [-0.2, 0) is 4.74 Å². The molecule has 78 valence electrons. The molecule has 1 fully saturated rings. The molecule has 2 N–H and O–H groups in total. The summed E-state index contributed by atoms with van der Waals surface area (Å²) in [6.45, 7) is 2.97. The van der Waals surface area contributed by atoms with Crippen molar-refractivity contribution < 1.29 is 9.84 Å². The highest BCUT2D eigenvalue weighted by Crippen LogP contribution is 2.26. The van der Waals surface area contributed by atoms with Gasteiger partial charge in [0, 0.05) is 19.6 Å². The smallest absolute Gasteiger partial charge is 0.205 e. The van der Waals surface area contributed by atoms with Crippen LogP contribution in [0.15, 0.2) is 5.51 Å². The molecule has 0 amide bonds. The monoisotopic (exact) mass is 215 g/mol. The molecule has 1 aliphatic heterocycles. The largest absolute Gasteiger partial charge is 0.385 e. The van der Waals surface area contributed by atoms with Crippen molar-refractivity contribution in [2.75, 3.05) is 18.5 Å². The predicted octanol–water partition coefficient (Wildman–Crippen LogP) is 0.490. The van der Waals surface area contributed by atoms with Crippen LogP contribution in [0.5, 0.6) is 0 Å². The highest BCUT2D eigenvalue weighted by atomic mass is 32.1. The van der Waals surface area contributed by atoms with Crippen molar-refractivity contribution in [1.82, 2.24) is 10.2 Å². The van der Waals surface area contributed by atoms with E-state index in [9.17, 15) is 5.11 Å². The molecule has 1 aromatic heterocycles. The van der Waals surface area contributed by atoms with Crippen LogP contribution in [0, 0.1) is 0 Å². The lowest BCUT2D eigenvalue weighted by Crippen LogP contribution is -2.43. The van der Waals surface area contributed by atoms with Crippen LogP contribution >= 0.6 is 11.3 Å². The second-order valence-electron chi connectivity index (χ2n) is 3.46. The fourth-order valence-corrected chi connectivity index (χ4v) is 1.93. The van der Waals surface area contributed by atoms with E-state index in [4.69, 9.17) is 4.74 Å². The SMILES string of the molecule is CC1OCCC1(O)CNc1nncs1. The second kappa shape index (κ2) is 3.80. The third-order valence-electron chi connectivity index (χ3n) is 2.57. The van der Waals surface area contributed by atoms with Gasteiger partial charge in [-0.3, -0.25) is 0 Å². The topological polar surface area (TPSA) is 67.3 Å². The minimum Gasteiger partial charge on any atom is -0.385 e. The zero-order valence-electron chi connectivity index (χ0n) is 7.93. The van der Waals surface area contributed by atoms with E-state index in [-0.39, 0.29) is 6.10 Å². The van der Waals surface area contributed by atoms with Gasteiger partial charge in [-0.25, -0.2) is 0 Å². The van der Waals surface area contributed by atoms with E-state index < -0.39 is 5.60 Å². The summed E-state index contributed by atoms with van der Waals surface area (Å²) in [6, 6.07) is 0. The fourth-order valence-electron chi connectivity index (χ4n) is 1.48. The van der Waals surface area contributed by atoms with Gasteiger partial charge < -0.3 is 15.2 Å². The Morgan fingerprint density at radius 2 is 2.71 bits per heavy atom. The Morgan fingerprint density at radius 1 is 1.86 bits per heavy atom. The molecule has 1 saturated heterocycles. The highest BCUT2D eigenvalue weighted by Gasteiger charge is 2.39. The summed E-state index contributed by atoms with van der Waals surface area (Å²) in [6.07, 6.45) is 0.544. The molecular formula is C8H13N3O2S. The number of hydrogen-bond acceptors (Lipinski definition) is 6. The van der Waals surface area contributed by atoms with Crippen LogP contribution in [0.3, 0.4) is 0 Å². The van der Waals surface area contributed by atoms with Gasteiger partial charge in [0.05, 0.1) is 6.10 Å². The van der Waals surface area contributed by atoms with Crippen molar-refractivity contribution in [3.05, 3.63) is 5.51 Å². The molecule has 6 heteroatoms. The Kier molecular flexibility index (Phi) is 2.66. The van der Waals surface area contributed by atoms with Crippen LogP contribution in [0.2, 0.25) is 0 Å². The summed E-state index contributed by atoms with van der Waals surface area (Å²) in [5.74, 6) is 0. The van der Waals surface area contributed by atoms with Gasteiger partial charge in [-0.2, -0.15) is 0 Å². The van der Waals surface area contributed by atoms with Crippen molar-refractivity contribution in [3.8, 4) is 0 Å². The van der Waals surface area contributed by atoms with Crippen LogP contribution in [0.1, 0.15) is 13.3 Å². The third kappa shape index (κ3) is 1.87. The molecule has 2 unspecified atom stereocenters. The maximum absolute atomic E-state index is 10.1. The lowest BCUT2D eigenvalue weighted by molar-refractivity contribution is -0.0176. The van der Waals surface area contributed by atoms with Crippen molar-refractivity contribution in [2.24, 2.45) is 0 Å². The lowest BCUT2D eigenvalue weighted by Gasteiger charge is -2.25. The van der Waals surface area contributed by atoms with E-state index in [1.54, 1.807) is 5.51 Å². The minimum atomic E-state index is -0.772. The number of aliphatic hydroxyl groups is 1. The minimum absolute atomic E-state index is 0.122. The van der Waals surface area contributed by atoms with Crippen molar-refractivity contribution >= 4 is 16.5 Å². The summed E-state index contributed by atoms with van der Waals surface area (Å²) in [4.78, 5) is 0. The van der Waals surface area contributed by atoms with Gasteiger partial charge in [0.2, 0.25) is 5.13 Å². The van der Waals surface area contributed by atoms with E-state index in [0.717, 1.165) is 5.13 Å². The van der Waals surface area contributed by atoms with Crippen LogP contribution < -0.4 is 5.32 Å². The number of nitrogens with one attached hydrogen (secondary N) is 1. The molecule has 0 aromatic carbocycles. The summed E-state index contributed by atoms with van der Waals surface area (Å²) >= 11 is 1.42. The molecule has 14 heavy (non-hydrogen) atoms. The molecule has 0 bridgehead atoms. The molecule has 1 aliphatic rings. The molecule has 2 atom stereocenters. The van der Waals surface area contributed by atoms with Gasteiger partial charge >= 0.3 is 0 Å². The zero-order valence-corrected chi connectivity index (χ0v) is 8.75. The average molecular weight is 215 g/mol. The zero-order chi connectivity index (χ0) is 10.0. The van der Waals surface area contributed by atoms with Crippen molar-refractivity contribution in [2.45, 2.75) is 25.0 Å². The molecule has 0 aliphatic carbocycles. The Bertz CT molecular complexity index is 293. The molecule has 0 saturated carbocycles. The Balaban J connectivity index is 1.91. The van der Waals surface area contributed by atoms with E-state index in [2.05, 4.69) is 15.5 Å². The van der Waals surface area contributed by atoms with Crippen LogP contribution in [0.4, 0.5) is 5.13 Å². The number of anilines is 1. The first kappa shape index (κ1) is 9.82. The Labute approximate surface area is 86.1 Å². The number of hydrogen-bond donors (Lipinski definition) is 2. The van der Waals surface area contributed by atoms with Gasteiger partial charge in [0.1, 0.15) is 11.1 Å². The average Bonchev–Trinajstić information content (AvgIpc) is 2.75. The molecular weight excluding hydrogens is 202 g/mol. The van der Waals surface area contributed by atoms with Gasteiger partial charge in [0.25, 0.3) is 0 Å². The standard InChI is InChI=1S/C8H13N3O2S/c1-6-8(12,2-3-13-6)4-9-7-11-10-5-14-7/h5-6,12H,2-4H2,1H3,(H,9,11). The second-order valence-corrected chi connectivity index (χ2v) is 4.30. The van der Waals surface area contributed by atoms with E-state index in [0.29, 0.717) is 19.6 Å². The Hall–Kier alpha value is -0.720. The maximum atomic E-state index is 10.1. The van der Waals surface area contributed by atoms with Crippen molar-refractivity contribution in [1.29, 1.82) is 0 Å². The first-order valence-electron chi connectivity index (χ1n) is 4.55. The van der Waals surface area contributed by atoms with E-state index >= 15 is 0 Å². The fraction of sp³-hybridized carbons (Fsp3) is 0.750. The summed E-state index contributed by atoms with van der Waals surface area (Å²) < 4.78 is 5.32. The maximum Gasteiger partial charge on any atom is 0.205 e. The van der Waals surface area contributed by atoms with E-state index in [1.165, 1.54) is 11.3 Å². The predicted molar refractivity (Wildman–Crippen MR) is 53.4 cm³/mol. The molecule has 2 rings (SSSR count). The summed E-state index contributed by atoms with van der Waals surface area (Å²) in [5.41, 5.74) is 0.882. The molecule has 5 nitrogen and oxygen atoms in total. The first-order chi connectivity index (χ1) is 6.71. The van der Waals surface area contributed by atoms with Crippen LogP contribution in [0.25, 0.3) is 0 Å². The summed E-state index contributed by atoms with van der Waals surface area (Å²) in [5, 5.41) is 21.5. The lowest BCUT2D eigenvalue weighted by atomic mass is 9.97. The molecule has 1 aromatic rings. The normalized spacial score (nSPS) is 32.0. The first-order valence-corrected chi connectivity index (χ1v) is 5.43. The number of rotatable bonds is 3. The molecule has 2 heterocycles. The summed E-state index contributed by atoms with van der Waals surface area (Å²) in [7, 11) is 0. The van der Waals surface area contributed by atoms with E-state index in [1.807, 2.05) is 6.92 Å². The third-order valence-corrected chi connectivity index (χ3v) is 3.21. The van der Waals surface area contributed by atoms with Crippen molar-refractivity contribution in [3.63, 3.8) is 0 Å².